The zero-order valence-corrected chi connectivity index (χ0v) is 18.9. The molecule has 10 heteroatoms. The summed E-state index contributed by atoms with van der Waals surface area (Å²) < 4.78 is 23.5. The first-order valence-corrected chi connectivity index (χ1v) is 11.8. The van der Waals surface area contributed by atoms with Gasteiger partial charge in [-0.25, -0.2) is 18.9 Å². The van der Waals surface area contributed by atoms with Gasteiger partial charge in [0.25, 0.3) is 11.5 Å². The Hall–Kier alpha value is -3.52. The lowest BCUT2D eigenvalue weighted by molar-refractivity contribution is -0.131. The Morgan fingerprint density at radius 1 is 1.15 bits per heavy atom. The van der Waals surface area contributed by atoms with Crippen molar-refractivity contribution in [2.75, 3.05) is 6.26 Å². The van der Waals surface area contributed by atoms with Crippen LogP contribution in [0.2, 0.25) is 0 Å². The summed E-state index contributed by atoms with van der Waals surface area (Å²) in [7, 11) is -3.88. The van der Waals surface area contributed by atoms with Gasteiger partial charge in [0.2, 0.25) is 0 Å². The quantitative estimate of drug-likeness (QED) is 0.278. The number of fused-ring (bicyclic) bond motifs is 1. The molecule has 0 saturated heterocycles. The minimum atomic E-state index is -3.88. The Balaban J connectivity index is 1.86. The van der Waals surface area contributed by atoms with Crippen molar-refractivity contribution in [2.45, 2.75) is 31.2 Å². The molecule has 0 radical (unpaired) electrons. The van der Waals surface area contributed by atoms with Gasteiger partial charge >= 0.3 is 0 Å². The number of aliphatic hydroxyl groups is 1. The highest BCUT2D eigenvalue weighted by atomic mass is 32.2. The van der Waals surface area contributed by atoms with Crippen molar-refractivity contribution in [3.8, 4) is 11.8 Å². The van der Waals surface area contributed by atoms with Crippen LogP contribution in [-0.4, -0.2) is 45.2 Å². The Bertz CT molecular complexity index is 1420. The van der Waals surface area contributed by atoms with Crippen molar-refractivity contribution in [3.63, 3.8) is 0 Å². The number of rotatable bonds is 6. The molecule has 0 spiro atoms. The lowest BCUT2D eigenvalue weighted by Gasteiger charge is -2.25. The number of carbonyl (C=O) groups is 1. The number of carbonyl (C=O) groups excluding carboxylic acids is 1. The van der Waals surface area contributed by atoms with Crippen LogP contribution in [-0.2, 0) is 27.8 Å². The molecular weight excluding hydrogens is 446 g/mol. The van der Waals surface area contributed by atoms with Gasteiger partial charge in [0.15, 0.2) is 14.6 Å². The molecule has 0 unspecified atom stereocenters. The molecule has 2 aromatic carbocycles. The molecular formula is C23H23N3O6S. The smallest absolute Gasteiger partial charge is 0.264 e. The third-order valence-electron chi connectivity index (χ3n) is 5.54. The van der Waals surface area contributed by atoms with Crippen LogP contribution in [0, 0.1) is 11.8 Å². The first-order valence-electron chi connectivity index (χ1n) is 9.94. The van der Waals surface area contributed by atoms with Crippen molar-refractivity contribution >= 4 is 26.6 Å². The van der Waals surface area contributed by atoms with Crippen LogP contribution in [0.1, 0.15) is 30.0 Å². The van der Waals surface area contributed by atoms with E-state index in [-0.39, 0.29) is 25.1 Å². The number of hydroxylamine groups is 1. The van der Waals surface area contributed by atoms with Gasteiger partial charge in [0, 0.05) is 23.9 Å². The molecule has 0 bridgehead atoms. The summed E-state index contributed by atoms with van der Waals surface area (Å²) in [5.74, 6) is 4.95. The van der Waals surface area contributed by atoms with E-state index in [1.807, 2.05) is 0 Å². The summed E-state index contributed by atoms with van der Waals surface area (Å²) in [6, 6.07) is 12.1. The highest BCUT2D eigenvalue weighted by Crippen LogP contribution is 2.22. The predicted molar refractivity (Wildman–Crippen MR) is 122 cm³/mol. The molecule has 9 nitrogen and oxygen atoms in total. The molecule has 3 rings (SSSR count). The fraction of sp³-hybridized carbons (Fsp3) is 0.261. The van der Waals surface area contributed by atoms with Crippen molar-refractivity contribution in [2.24, 2.45) is 0 Å². The highest BCUT2D eigenvalue weighted by molar-refractivity contribution is 7.92. The van der Waals surface area contributed by atoms with E-state index < -0.39 is 20.5 Å². The number of aliphatic hydroxyl groups excluding tert-OH is 1. The second kappa shape index (κ2) is 9.54. The molecule has 0 aliphatic rings. The number of nitrogens with zero attached hydrogens (tertiary/aromatic N) is 2. The number of aryl methyl sites for hydroxylation is 1. The van der Waals surface area contributed by atoms with Crippen LogP contribution in [0.15, 0.2) is 53.6 Å². The molecule has 1 aromatic heterocycles. The summed E-state index contributed by atoms with van der Waals surface area (Å²) in [4.78, 5) is 29.1. The lowest BCUT2D eigenvalue weighted by atomic mass is 10.1. The number of amides is 1. The molecule has 1 atom stereocenters. The first-order chi connectivity index (χ1) is 15.6. The van der Waals surface area contributed by atoms with E-state index in [0.717, 1.165) is 17.4 Å². The van der Waals surface area contributed by atoms with Gasteiger partial charge in [-0.3, -0.25) is 19.4 Å². The predicted octanol–water partition coefficient (Wildman–Crippen LogP) is 0.987. The summed E-state index contributed by atoms with van der Waals surface area (Å²) >= 11 is 0. The second-order valence-electron chi connectivity index (χ2n) is 7.77. The molecule has 3 N–H and O–H groups in total. The third kappa shape index (κ3) is 5.12. The Morgan fingerprint density at radius 2 is 1.79 bits per heavy atom. The van der Waals surface area contributed by atoms with Crippen LogP contribution >= 0.6 is 0 Å². The van der Waals surface area contributed by atoms with E-state index in [4.69, 9.17) is 10.3 Å². The van der Waals surface area contributed by atoms with E-state index in [9.17, 15) is 18.0 Å². The number of hydrogen-bond acceptors (Lipinski definition) is 7. The van der Waals surface area contributed by atoms with Crippen molar-refractivity contribution < 1.29 is 23.5 Å². The summed E-state index contributed by atoms with van der Waals surface area (Å²) in [5.41, 5.74) is 3.64. The monoisotopic (exact) mass is 469 g/mol. The number of benzene rings is 2. The molecule has 0 aliphatic heterocycles. The van der Waals surface area contributed by atoms with Gasteiger partial charge in [-0.1, -0.05) is 24.0 Å². The van der Waals surface area contributed by atoms with Crippen LogP contribution in [0.3, 0.4) is 0 Å². The molecule has 0 saturated carbocycles. The lowest BCUT2D eigenvalue weighted by Crippen LogP contribution is -2.50. The molecule has 1 amide bonds. The van der Waals surface area contributed by atoms with Crippen LogP contribution in [0.25, 0.3) is 10.9 Å². The molecule has 0 aliphatic carbocycles. The average molecular weight is 470 g/mol. The molecule has 1 heterocycles. The number of sulfone groups is 1. The third-order valence-corrected chi connectivity index (χ3v) is 7.57. The van der Waals surface area contributed by atoms with Crippen molar-refractivity contribution in [3.05, 3.63) is 75.8 Å². The fourth-order valence-corrected chi connectivity index (χ4v) is 4.00. The van der Waals surface area contributed by atoms with E-state index in [1.54, 1.807) is 42.5 Å². The minimum Gasteiger partial charge on any atom is -0.392 e. The van der Waals surface area contributed by atoms with E-state index in [0.29, 0.717) is 16.5 Å². The molecule has 33 heavy (non-hydrogen) atoms. The van der Waals surface area contributed by atoms with E-state index in [1.165, 1.54) is 23.3 Å². The van der Waals surface area contributed by atoms with Crippen molar-refractivity contribution in [1.29, 1.82) is 0 Å². The number of nitrogens with one attached hydrogen (secondary N) is 1. The average Bonchev–Trinajstić information content (AvgIpc) is 2.81. The van der Waals surface area contributed by atoms with Crippen molar-refractivity contribution in [1.82, 2.24) is 15.0 Å². The normalized spacial score (nSPS) is 13.1. The second-order valence-corrected chi connectivity index (χ2v) is 10.2. The minimum absolute atomic E-state index is 0.0380. The van der Waals surface area contributed by atoms with Gasteiger partial charge in [-0.15, -0.1) is 0 Å². The number of aromatic nitrogens is 2. The van der Waals surface area contributed by atoms with Gasteiger partial charge in [-0.2, -0.15) is 0 Å². The summed E-state index contributed by atoms with van der Waals surface area (Å²) in [6.07, 6.45) is 1.95. The molecule has 0 fully saturated rings. The van der Waals surface area contributed by atoms with Gasteiger partial charge in [0.1, 0.15) is 0 Å². The fourth-order valence-electron chi connectivity index (χ4n) is 3.15. The van der Waals surface area contributed by atoms with Gasteiger partial charge in [-0.05, 0) is 49.2 Å². The molecule has 172 valence electrons. The maximum absolute atomic E-state index is 12.9. The highest BCUT2D eigenvalue weighted by Gasteiger charge is 2.43. The van der Waals surface area contributed by atoms with Gasteiger partial charge in [0.05, 0.1) is 23.8 Å². The first kappa shape index (κ1) is 24.1. The zero-order chi connectivity index (χ0) is 24.2. The topological polar surface area (TPSA) is 139 Å². The SMILES string of the molecule is C[C@](CCn1cnc2cc(C#Cc3ccc(CO)cc3)ccc2c1=O)(C(=O)NO)S(C)(=O)=O. The Labute approximate surface area is 190 Å². The summed E-state index contributed by atoms with van der Waals surface area (Å²) in [5, 5.41) is 18.3. The largest absolute Gasteiger partial charge is 0.392 e. The maximum atomic E-state index is 12.9. The van der Waals surface area contributed by atoms with Gasteiger partial charge < -0.3 is 5.11 Å². The summed E-state index contributed by atoms with van der Waals surface area (Å²) in [6.45, 7) is 1.06. The Kier molecular flexibility index (Phi) is 6.98. The maximum Gasteiger partial charge on any atom is 0.264 e. The van der Waals surface area contributed by atoms with E-state index in [2.05, 4.69) is 16.8 Å². The Morgan fingerprint density at radius 3 is 2.39 bits per heavy atom. The zero-order valence-electron chi connectivity index (χ0n) is 18.1. The molecule has 3 aromatic rings. The van der Waals surface area contributed by atoms with Crippen LogP contribution in [0.4, 0.5) is 0 Å². The van der Waals surface area contributed by atoms with E-state index >= 15 is 0 Å². The van der Waals surface area contributed by atoms with Crippen LogP contribution in [0.5, 0.6) is 0 Å². The standard InChI is InChI=1S/C23H23N3O6S/c1-23(22(29)25-30,33(2,31)32)11-12-26-15-24-20-13-17(9-10-19(20)21(26)28)6-3-16-4-7-18(14-27)8-5-16/h4-5,7-10,13,15,27,30H,11-12,14H2,1-2H3,(H,25,29)/t23-/m0/s1. The van der Waals surface area contributed by atoms with Crippen LogP contribution < -0.4 is 11.0 Å². The number of hydrogen-bond donors (Lipinski definition) is 3.